The van der Waals surface area contributed by atoms with Crippen LogP contribution >= 0.6 is 44.3 Å². The van der Waals surface area contributed by atoms with Gasteiger partial charge in [-0.3, -0.25) is 0 Å². The molecule has 0 atom stereocenters. The molecular formula is C16H18Br2ClN3. The van der Waals surface area contributed by atoms with E-state index in [1.807, 2.05) is 42.3 Å². The van der Waals surface area contributed by atoms with Crippen molar-refractivity contribution in [3.05, 3.63) is 57.0 Å². The summed E-state index contributed by atoms with van der Waals surface area (Å²) in [6, 6.07) is 14.1. The maximum absolute atomic E-state index is 6.13. The predicted molar refractivity (Wildman–Crippen MR) is 105 cm³/mol. The molecule has 0 radical (unpaired) electrons. The summed E-state index contributed by atoms with van der Waals surface area (Å²) in [5.74, 6) is 0.446. The molecule has 0 heterocycles. The highest BCUT2D eigenvalue weighted by molar-refractivity contribution is 9.11. The Balaban J connectivity index is 0.00000242. The van der Waals surface area contributed by atoms with Crippen LogP contribution in [0.2, 0.25) is 0 Å². The van der Waals surface area contributed by atoms with E-state index in [2.05, 4.69) is 55.9 Å². The minimum atomic E-state index is 0. The summed E-state index contributed by atoms with van der Waals surface area (Å²) in [6.07, 6.45) is 0.996. The van der Waals surface area contributed by atoms with Gasteiger partial charge in [0.15, 0.2) is 0 Å². The van der Waals surface area contributed by atoms with Crippen LogP contribution < -0.4 is 10.6 Å². The Morgan fingerprint density at radius 2 is 1.91 bits per heavy atom. The number of anilines is 1. The molecule has 0 saturated carbocycles. The summed E-state index contributed by atoms with van der Waals surface area (Å²) in [4.78, 5) is 6.38. The molecule has 0 amide bonds. The maximum atomic E-state index is 6.13. The lowest BCUT2D eigenvalue weighted by atomic mass is 10.1. The first-order chi connectivity index (χ1) is 10.0. The SMILES string of the molecule is CCc1cccc(N(C)C(N)=Nc2cc(Br)ccc2Br)c1.Cl. The fourth-order valence-corrected chi connectivity index (χ4v) is 2.57. The topological polar surface area (TPSA) is 41.6 Å². The van der Waals surface area contributed by atoms with Gasteiger partial charge in [0, 0.05) is 21.7 Å². The lowest BCUT2D eigenvalue weighted by Crippen LogP contribution is -2.33. The van der Waals surface area contributed by atoms with Crippen LogP contribution in [-0.4, -0.2) is 13.0 Å². The highest BCUT2D eigenvalue weighted by Crippen LogP contribution is 2.29. The summed E-state index contributed by atoms with van der Waals surface area (Å²) < 4.78 is 1.87. The predicted octanol–water partition coefficient (Wildman–Crippen LogP) is 5.28. The van der Waals surface area contributed by atoms with Gasteiger partial charge in [0.05, 0.1) is 5.69 Å². The molecule has 0 aromatic heterocycles. The van der Waals surface area contributed by atoms with Crippen molar-refractivity contribution < 1.29 is 0 Å². The molecule has 0 saturated heterocycles. The number of nitrogens with two attached hydrogens (primary N) is 1. The fourth-order valence-electron chi connectivity index (χ4n) is 1.89. The van der Waals surface area contributed by atoms with Crippen molar-refractivity contribution in [3.8, 4) is 0 Å². The molecule has 3 nitrogen and oxygen atoms in total. The van der Waals surface area contributed by atoms with Crippen molar-refractivity contribution in [2.75, 3.05) is 11.9 Å². The Labute approximate surface area is 154 Å². The van der Waals surface area contributed by atoms with Gasteiger partial charge < -0.3 is 10.6 Å². The number of guanidine groups is 1. The molecule has 118 valence electrons. The Morgan fingerprint density at radius 3 is 2.59 bits per heavy atom. The number of nitrogens with zero attached hydrogens (tertiary/aromatic N) is 2. The summed E-state index contributed by atoms with van der Waals surface area (Å²) >= 11 is 6.93. The molecule has 0 aliphatic heterocycles. The van der Waals surface area contributed by atoms with E-state index in [1.165, 1.54) is 5.56 Å². The molecular weight excluding hydrogens is 429 g/mol. The number of aryl methyl sites for hydroxylation is 1. The zero-order valence-electron chi connectivity index (χ0n) is 12.4. The highest BCUT2D eigenvalue weighted by Gasteiger charge is 2.07. The second-order valence-electron chi connectivity index (χ2n) is 4.65. The summed E-state index contributed by atoms with van der Waals surface area (Å²) in [6.45, 7) is 2.13. The lowest BCUT2D eigenvalue weighted by molar-refractivity contribution is 1.13. The average Bonchev–Trinajstić information content (AvgIpc) is 2.50. The van der Waals surface area contributed by atoms with E-state index in [0.29, 0.717) is 5.96 Å². The summed E-state index contributed by atoms with van der Waals surface area (Å²) in [5.41, 5.74) is 9.23. The van der Waals surface area contributed by atoms with Crippen LogP contribution in [0.3, 0.4) is 0 Å². The van der Waals surface area contributed by atoms with Gasteiger partial charge in [0.2, 0.25) is 5.96 Å². The van der Waals surface area contributed by atoms with Crippen LogP contribution in [-0.2, 0) is 6.42 Å². The first-order valence-corrected chi connectivity index (χ1v) is 8.21. The van der Waals surface area contributed by atoms with E-state index in [1.54, 1.807) is 0 Å². The normalized spacial score (nSPS) is 11.0. The molecule has 0 spiro atoms. The van der Waals surface area contributed by atoms with E-state index in [4.69, 9.17) is 5.73 Å². The molecule has 22 heavy (non-hydrogen) atoms. The molecule has 2 aromatic rings. The molecule has 6 heteroatoms. The van der Waals surface area contributed by atoms with Crippen LogP contribution in [0.15, 0.2) is 56.4 Å². The molecule has 2 rings (SSSR count). The molecule has 2 N–H and O–H groups in total. The maximum Gasteiger partial charge on any atom is 0.200 e. The van der Waals surface area contributed by atoms with Gasteiger partial charge in [0.1, 0.15) is 0 Å². The minimum absolute atomic E-state index is 0. The zero-order chi connectivity index (χ0) is 15.4. The molecule has 0 bridgehead atoms. The monoisotopic (exact) mass is 445 g/mol. The number of hydrogen-bond donors (Lipinski definition) is 1. The van der Waals surface area contributed by atoms with Gasteiger partial charge >= 0.3 is 0 Å². The third-order valence-electron chi connectivity index (χ3n) is 3.19. The van der Waals surface area contributed by atoms with Gasteiger partial charge in [-0.05, 0) is 58.2 Å². The third kappa shape index (κ3) is 4.73. The second kappa shape index (κ2) is 8.56. The fraction of sp³-hybridized carbons (Fsp3) is 0.188. The number of rotatable bonds is 3. The van der Waals surface area contributed by atoms with Crippen LogP contribution in [0, 0.1) is 0 Å². The highest BCUT2D eigenvalue weighted by atomic mass is 79.9. The van der Waals surface area contributed by atoms with Crippen molar-refractivity contribution in [2.24, 2.45) is 10.7 Å². The zero-order valence-corrected chi connectivity index (χ0v) is 16.4. The minimum Gasteiger partial charge on any atom is -0.369 e. The average molecular weight is 448 g/mol. The van der Waals surface area contributed by atoms with E-state index in [-0.39, 0.29) is 12.4 Å². The van der Waals surface area contributed by atoms with Crippen LogP contribution in [0.4, 0.5) is 11.4 Å². The second-order valence-corrected chi connectivity index (χ2v) is 6.42. The van der Waals surface area contributed by atoms with Crippen LogP contribution in [0.5, 0.6) is 0 Å². The smallest absolute Gasteiger partial charge is 0.200 e. The van der Waals surface area contributed by atoms with Crippen LogP contribution in [0.1, 0.15) is 12.5 Å². The number of halogens is 3. The quantitative estimate of drug-likeness (QED) is 0.514. The molecule has 0 aliphatic rings. The van der Waals surface area contributed by atoms with Gasteiger partial charge in [0.25, 0.3) is 0 Å². The van der Waals surface area contributed by atoms with Crippen molar-refractivity contribution in [1.29, 1.82) is 0 Å². The largest absolute Gasteiger partial charge is 0.369 e. The molecule has 2 aromatic carbocycles. The van der Waals surface area contributed by atoms with Gasteiger partial charge in [-0.2, -0.15) is 0 Å². The summed E-state index contributed by atoms with van der Waals surface area (Å²) in [7, 11) is 1.92. The Bertz CT molecular complexity index is 674. The van der Waals surface area contributed by atoms with Gasteiger partial charge in [-0.1, -0.05) is 35.0 Å². The first kappa shape index (κ1) is 19.0. The third-order valence-corrected chi connectivity index (χ3v) is 4.36. The van der Waals surface area contributed by atoms with Crippen molar-refractivity contribution >= 4 is 61.6 Å². The Hall–Kier alpha value is -1.04. The number of aliphatic imine (C=N–C) groups is 1. The van der Waals surface area contributed by atoms with Crippen LogP contribution in [0.25, 0.3) is 0 Å². The van der Waals surface area contributed by atoms with Gasteiger partial charge in [-0.25, -0.2) is 4.99 Å². The van der Waals surface area contributed by atoms with E-state index in [0.717, 1.165) is 26.7 Å². The Morgan fingerprint density at radius 1 is 1.18 bits per heavy atom. The van der Waals surface area contributed by atoms with E-state index >= 15 is 0 Å². The summed E-state index contributed by atoms with van der Waals surface area (Å²) in [5, 5.41) is 0. The standard InChI is InChI=1S/C16H17Br2N3.ClH/c1-3-11-5-4-6-13(9-11)21(2)16(19)20-15-10-12(17)7-8-14(15)18;/h4-10H,3H2,1-2H3,(H2,19,20);1H. The Kier molecular flexibility index (Phi) is 7.39. The molecule has 0 aliphatic carbocycles. The van der Waals surface area contributed by atoms with Crippen molar-refractivity contribution in [3.63, 3.8) is 0 Å². The van der Waals surface area contributed by atoms with Crippen molar-refractivity contribution in [2.45, 2.75) is 13.3 Å². The number of benzene rings is 2. The van der Waals surface area contributed by atoms with E-state index < -0.39 is 0 Å². The molecule has 0 unspecified atom stereocenters. The number of hydrogen-bond acceptors (Lipinski definition) is 1. The van der Waals surface area contributed by atoms with E-state index in [9.17, 15) is 0 Å². The lowest BCUT2D eigenvalue weighted by Gasteiger charge is -2.19. The van der Waals surface area contributed by atoms with Gasteiger partial charge in [-0.15, -0.1) is 12.4 Å². The van der Waals surface area contributed by atoms with Crippen molar-refractivity contribution in [1.82, 2.24) is 0 Å². The first-order valence-electron chi connectivity index (χ1n) is 6.63. The molecule has 0 fully saturated rings.